The number of nitrogens with one attached hydrogen (secondary N) is 4. The molecule has 0 unspecified atom stereocenters. The van der Waals surface area contributed by atoms with Gasteiger partial charge in [0.1, 0.15) is 11.4 Å². The summed E-state index contributed by atoms with van der Waals surface area (Å²) in [6.07, 6.45) is 2.56. The number of hydrogen-bond donors (Lipinski definition) is 4. The van der Waals surface area contributed by atoms with Crippen LogP contribution in [-0.4, -0.2) is 41.8 Å². The summed E-state index contributed by atoms with van der Waals surface area (Å²) in [5, 5.41) is 20.0. The number of anilines is 4. The second-order valence-electron chi connectivity index (χ2n) is 10.7. The van der Waals surface area contributed by atoms with Gasteiger partial charge >= 0.3 is 0 Å². The Balaban J connectivity index is 0.000000858. The lowest BCUT2D eigenvalue weighted by molar-refractivity contribution is 0.100. The number of para-hydroxylation sites is 4. The standard InChI is InChI=1S/C34H24N6O4.C4H8O/c35-21-22-17-19-24(20-18-22)32(42)38-26-12-5-7-14-28(26)40-34(44)30-16-8-15-29(36-30)33(43)39-27-13-6-4-11-25(27)37-31(41)23-9-2-1-3-10-23;1-2-4-5-3-1/h1-20H,(H,37,41)(H,38,42)(H,39,43)(H,40,44);1-4H2. The summed E-state index contributed by atoms with van der Waals surface area (Å²) in [5.41, 5.74) is 2.58. The fourth-order valence-electron chi connectivity index (χ4n) is 4.65. The van der Waals surface area contributed by atoms with E-state index >= 15 is 0 Å². The molecular weight excluding hydrogens is 620 g/mol. The summed E-state index contributed by atoms with van der Waals surface area (Å²) >= 11 is 0. The summed E-state index contributed by atoms with van der Waals surface area (Å²) in [6, 6.07) is 34.6. The Morgan fingerprint density at radius 2 is 0.918 bits per heavy atom. The molecule has 1 aliphatic rings. The molecule has 0 aliphatic carbocycles. The monoisotopic (exact) mass is 652 g/mol. The zero-order valence-corrected chi connectivity index (χ0v) is 26.3. The third-order valence-electron chi connectivity index (χ3n) is 7.20. The minimum absolute atomic E-state index is 0.0238. The lowest BCUT2D eigenvalue weighted by Gasteiger charge is -2.13. The largest absolute Gasteiger partial charge is 0.381 e. The molecule has 4 N–H and O–H groups in total. The van der Waals surface area contributed by atoms with Gasteiger partial charge in [-0.1, -0.05) is 48.5 Å². The van der Waals surface area contributed by atoms with Gasteiger partial charge in [-0.05, 0) is 85.6 Å². The van der Waals surface area contributed by atoms with Gasteiger partial charge in [0.15, 0.2) is 0 Å². The summed E-state index contributed by atoms with van der Waals surface area (Å²) in [6.45, 7) is 2.00. The molecule has 5 aromatic rings. The number of ether oxygens (including phenoxy) is 1. The fraction of sp³-hybridized carbons (Fsp3) is 0.105. The highest BCUT2D eigenvalue weighted by atomic mass is 16.5. The molecule has 1 saturated heterocycles. The van der Waals surface area contributed by atoms with E-state index < -0.39 is 17.7 Å². The molecule has 11 nitrogen and oxygen atoms in total. The van der Waals surface area contributed by atoms with E-state index in [9.17, 15) is 19.2 Å². The van der Waals surface area contributed by atoms with E-state index in [4.69, 9.17) is 10.00 Å². The van der Waals surface area contributed by atoms with Crippen molar-refractivity contribution in [3.63, 3.8) is 0 Å². The number of nitriles is 1. The first-order valence-corrected chi connectivity index (χ1v) is 15.4. The molecule has 4 aromatic carbocycles. The maximum atomic E-state index is 13.1. The first-order valence-electron chi connectivity index (χ1n) is 15.4. The second-order valence-corrected chi connectivity index (χ2v) is 10.7. The molecule has 1 aromatic heterocycles. The van der Waals surface area contributed by atoms with E-state index in [1.165, 1.54) is 55.3 Å². The second kappa shape index (κ2) is 16.8. The van der Waals surface area contributed by atoms with Crippen molar-refractivity contribution >= 4 is 46.4 Å². The van der Waals surface area contributed by atoms with Crippen molar-refractivity contribution < 1.29 is 23.9 Å². The number of aromatic nitrogens is 1. The highest BCUT2D eigenvalue weighted by Crippen LogP contribution is 2.24. The quantitative estimate of drug-likeness (QED) is 0.144. The summed E-state index contributed by atoms with van der Waals surface area (Å²) < 4.78 is 4.94. The van der Waals surface area contributed by atoms with Crippen LogP contribution >= 0.6 is 0 Å². The zero-order valence-electron chi connectivity index (χ0n) is 26.3. The number of carbonyl (C=O) groups excluding carboxylic acids is 4. The molecule has 0 atom stereocenters. The van der Waals surface area contributed by atoms with Gasteiger partial charge in [-0.2, -0.15) is 5.26 Å². The van der Waals surface area contributed by atoms with E-state index in [0.29, 0.717) is 39.4 Å². The van der Waals surface area contributed by atoms with Crippen molar-refractivity contribution in [3.05, 3.63) is 149 Å². The molecule has 11 heteroatoms. The van der Waals surface area contributed by atoms with Crippen LogP contribution in [-0.2, 0) is 4.74 Å². The Labute approximate surface area is 283 Å². The first-order chi connectivity index (χ1) is 23.9. The van der Waals surface area contributed by atoms with Crippen molar-refractivity contribution in [2.24, 2.45) is 0 Å². The maximum absolute atomic E-state index is 13.1. The lowest BCUT2D eigenvalue weighted by Crippen LogP contribution is -2.20. The van der Waals surface area contributed by atoms with Crippen molar-refractivity contribution in [1.82, 2.24) is 4.98 Å². The average molecular weight is 653 g/mol. The van der Waals surface area contributed by atoms with Gasteiger partial charge in [-0.25, -0.2) is 4.98 Å². The predicted molar refractivity (Wildman–Crippen MR) is 187 cm³/mol. The molecule has 6 rings (SSSR count). The fourth-order valence-corrected chi connectivity index (χ4v) is 4.65. The van der Waals surface area contributed by atoms with Crippen LogP contribution in [0.1, 0.15) is 60.1 Å². The van der Waals surface area contributed by atoms with E-state index in [1.807, 2.05) is 12.1 Å². The van der Waals surface area contributed by atoms with Gasteiger partial charge in [-0.3, -0.25) is 19.2 Å². The Morgan fingerprint density at radius 1 is 0.510 bits per heavy atom. The van der Waals surface area contributed by atoms with Gasteiger partial charge in [0.25, 0.3) is 23.6 Å². The Bertz CT molecular complexity index is 1980. The highest BCUT2D eigenvalue weighted by molar-refractivity contribution is 6.11. The smallest absolute Gasteiger partial charge is 0.274 e. The molecule has 2 heterocycles. The van der Waals surface area contributed by atoms with Gasteiger partial charge in [0, 0.05) is 24.3 Å². The van der Waals surface area contributed by atoms with Crippen LogP contribution in [0.5, 0.6) is 0 Å². The number of hydrogen-bond acceptors (Lipinski definition) is 7. The van der Waals surface area contributed by atoms with Crippen LogP contribution in [0, 0.1) is 11.3 Å². The third kappa shape index (κ3) is 9.45. The predicted octanol–water partition coefficient (Wildman–Crippen LogP) is 6.76. The number of benzene rings is 4. The number of carbonyl (C=O) groups is 4. The molecule has 0 saturated carbocycles. The molecule has 1 aliphatic heterocycles. The van der Waals surface area contributed by atoms with Crippen molar-refractivity contribution in [2.45, 2.75) is 12.8 Å². The van der Waals surface area contributed by atoms with Crippen LogP contribution in [0.15, 0.2) is 121 Å². The highest BCUT2D eigenvalue weighted by Gasteiger charge is 2.17. The van der Waals surface area contributed by atoms with Crippen LogP contribution in [0.25, 0.3) is 0 Å². The molecule has 4 amide bonds. The summed E-state index contributed by atoms with van der Waals surface area (Å²) in [7, 11) is 0. The molecule has 0 radical (unpaired) electrons. The topological polar surface area (TPSA) is 162 Å². The Morgan fingerprint density at radius 3 is 1.33 bits per heavy atom. The number of rotatable bonds is 8. The van der Waals surface area contributed by atoms with E-state index in [2.05, 4.69) is 26.3 Å². The van der Waals surface area contributed by atoms with Crippen LogP contribution in [0.2, 0.25) is 0 Å². The lowest BCUT2D eigenvalue weighted by atomic mass is 10.1. The summed E-state index contributed by atoms with van der Waals surface area (Å²) in [4.78, 5) is 55.9. The molecule has 0 spiro atoms. The Hall–Kier alpha value is -6.64. The minimum atomic E-state index is -0.602. The normalized spacial score (nSPS) is 11.6. The zero-order chi connectivity index (χ0) is 34.4. The van der Waals surface area contributed by atoms with Crippen LogP contribution < -0.4 is 21.3 Å². The molecule has 244 valence electrons. The van der Waals surface area contributed by atoms with Crippen LogP contribution in [0.3, 0.4) is 0 Å². The Kier molecular flexibility index (Phi) is 11.5. The van der Waals surface area contributed by atoms with Gasteiger partial charge in [0.05, 0.1) is 34.4 Å². The van der Waals surface area contributed by atoms with Crippen molar-refractivity contribution in [1.29, 1.82) is 5.26 Å². The number of amides is 4. The van der Waals surface area contributed by atoms with Crippen molar-refractivity contribution in [3.8, 4) is 6.07 Å². The number of nitrogens with zero attached hydrogens (tertiary/aromatic N) is 2. The molecule has 0 bridgehead atoms. The number of pyridine rings is 1. The third-order valence-corrected chi connectivity index (χ3v) is 7.20. The van der Waals surface area contributed by atoms with E-state index in [0.717, 1.165) is 13.2 Å². The van der Waals surface area contributed by atoms with E-state index in [1.54, 1.807) is 72.8 Å². The summed E-state index contributed by atoms with van der Waals surface area (Å²) in [5.74, 6) is -1.95. The SMILES string of the molecule is C1CCOC1.N#Cc1ccc(C(=O)Nc2ccccc2NC(=O)c2cccc(C(=O)Nc3ccccc3NC(=O)c3ccccc3)n2)cc1. The molecule has 49 heavy (non-hydrogen) atoms. The first kappa shape index (κ1) is 33.7. The minimum Gasteiger partial charge on any atom is -0.381 e. The van der Waals surface area contributed by atoms with Crippen molar-refractivity contribution in [2.75, 3.05) is 34.5 Å². The van der Waals surface area contributed by atoms with Gasteiger partial charge in [-0.15, -0.1) is 0 Å². The van der Waals surface area contributed by atoms with E-state index in [-0.39, 0.29) is 17.3 Å². The van der Waals surface area contributed by atoms with Gasteiger partial charge < -0.3 is 26.0 Å². The molecule has 1 fully saturated rings. The van der Waals surface area contributed by atoms with Gasteiger partial charge in [0.2, 0.25) is 0 Å². The average Bonchev–Trinajstić information content (AvgIpc) is 3.74. The van der Waals surface area contributed by atoms with Crippen LogP contribution in [0.4, 0.5) is 22.7 Å². The maximum Gasteiger partial charge on any atom is 0.274 e. The molecular formula is C38H32N6O5.